The number of ether oxygens (including phenoxy) is 1. The van der Waals surface area contributed by atoms with Crippen LogP contribution < -0.4 is 0 Å². The lowest BCUT2D eigenvalue weighted by Gasteiger charge is -2.30. The predicted molar refractivity (Wildman–Crippen MR) is 62.5 cm³/mol. The summed E-state index contributed by atoms with van der Waals surface area (Å²) in [5.74, 6) is -1.16. The van der Waals surface area contributed by atoms with Crippen LogP contribution in [0.3, 0.4) is 0 Å². The van der Waals surface area contributed by atoms with E-state index >= 15 is 0 Å². The molecule has 0 aliphatic carbocycles. The molecule has 1 rings (SSSR count). The molecule has 102 valence electrons. The molecule has 0 unspecified atom stereocenters. The van der Waals surface area contributed by atoms with Gasteiger partial charge in [-0.3, -0.25) is 4.79 Å². The molecule has 1 aliphatic rings. The molecule has 0 aromatic heterocycles. The van der Waals surface area contributed by atoms with E-state index in [0.717, 1.165) is 17.9 Å². The average Bonchev–Trinajstić information content (AvgIpc) is 2.68. The van der Waals surface area contributed by atoms with Crippen molar-refractivity contribution in [3.63, 3.8) is 0 Å². The van der Waals surface area contributed by atoms with Crippen LogP contribution in [0.15, 0.2) is 12.7 Å². The third kappa shape index (κ3) is 2.38. The third-order valence-electron chi connectivity index (χ3n) is 3.09. The van der Waals surface area contributed by atoms with Gasteiger partial charge in [0.2, 0.25) is 5.67 Å². The van der Waals surface area contributed by atoms with Crippen LogP contribution in [0, 0.1) is 5.92 Å². The fraction of sp³-hybridized carbons (Fsp3) is 0.667. The van der Waals surface area contributed by atoms with Crippen LogP contribution in [0.2, 0.25) is 0 Å². The second-order valence-electron chi connectivity index (χ2n) is 4.82. The first-order valence-electron chi connectivity index (χ1n) is 5.73. The highest BCUT2D eigenvalue weighted by atomic mass is 19.1. The number of carbonyl (C=O) groups is 2. The zero-order valence-corrected chi connectivity index (χ0v) is 10.7. The number of nitrogens with zero attached hydrogens (tertiary/aromatic N) is 1. The van der Waals surface area contributed by atoms with E-state index in [1.807, 2.05) is 0 Å². The first kappa shape index (κ1) is 14.6. The maximum Gasteiger partial charge on any atom is 0.417 e. The van der Waals surface area contributed by atoms with E-state index in [0.29, 0.717) is 0 Å². The van der Waals surface area contributed by atoms with Gasteiger partial charge in [0.15, 0.2) is 0 Å². The summed E-state index contributed by atoms with van der Waals surface area (Å²) in [5, 5.41) is 9.43. The first-order valence-corrected chi connectivity index (χ1v) is 5.73. The minimum Gasteiger partial charge on any atom is -0.447 e. The first-order chi connectivity index (χ1) is 8.23. The normalized spacial score (nSPS) is 24.7. The topological polar surface area (TPSA) is 66.8 Å². The summed E-state index contributed by atoms with van der Waals surface area (Å²) in [7, 11) is 0. The lowest BCUT2D eigenvalue weighted by Crippen LogP contribution is -2.54. The van der Waals surface area contributed by atoms with Crippen LogP contribution in [0.1, 0.15) is 20.8 Å². The van der Waals surface area contributed by atoms with E-state index in [-0.39, 0.29) is 12.5 Å². The van der Waals surface area contributed by atoms with Gasteiger partial charge in [-0.25, -0.2) is 14.1 Å². The Labute approximate surface area is 105 Å². The molecule has 1 heterocycles. The van der Waals surface area contributed by atoms with Gasteiger partial charge in [0, 0.05) is 0 Å². The molecule has 5 nitrogen and oxygen atoms in total. The van der Waals surface area contributed by atoms with E-state index in [4.69, 9.17) is 4.74 Å². The number of cyclic esters (lactones) is 1. The van der Waals surface area contributed by atoms with Gasteiger partial charge in [0.1, 0.15) is 12.7 Å². The van der Waals surface area contributed by atoms with Crippen LogP contribution in [0.5, 0.6) is 0 Å². The number of alkyl halides is 1. The number of halogens is 1. The maximum atomic E-state index is 14.2. The number of hydrogen-bond donors (Lipinski definition) is 1. The van der Waals surface area contributed by atoms with Gasteiger partial charge < -0.3 is 9.84 Å². The molecule has 1 N–H and O–H groups in total. The highest BCUT2D eigenvalue weighted by Gasteiger charge is 2.50. The molecule has 1 fully saturated rings. The maximum absolute atomic E-state index is 14.2. The molecular formula is C12H18FNO4. The number of aliphatic hydroxyl groups is 1. The predicted octanol–water partition coefficient (Wildman–Crippen LogP) is 1.26. The van der Waals surface area contributed by atoms with Gasteiger partial charge in [0.05, 0.1) is 6.04 Å². The van der Waals surface area contributed by atoms with Crippen LogP contribution in [-0.2, 0) is 9.53 Å². The number of imide groups is 1. The van der Waals surface area contributed by atoms with Crippen molar-refractivity contribution in [2.24, 2.45) is 5.92 Å². The van der Waals surface area contributed by atoms with E-state index < -0.39 is 29.8 Å². The van der Waals surface area contributed by atoms with Gasteiger partial charge in [0.25, 0.3) is 5.91 Å². The molecule has 18 heavy (non-hydrogen) atoms. The quantitative estimate of drug-likeness (QED) is 0.772. The second kappa shape index (κ2) is 5.06. The van der Waals surface area contributed by atoms with E-state index in [9.17, 15) is 19.1 Å². The van der Waals surface area contributed by atoms with Crippen molar-refractivity contribution in [2.75, 3.05) is 6.61 Å². The van der Waals surface area contributed by atoms with Gasteiger partial charge in [-0.2, -0.15) is 0 Å². The molecule has 0 spiro atoms. The third-order valence-corrected chi connectivity index (χ3v) is 3.09. The van der Waals surface area contributed by atoms with E-state index in [1.165, 1.54) is 0 Å². The molecule has 0 saturated carbocycles. The Morgan fingerprint density at radius 3 is 2.72 bits per heavy atom. The van der Waals surface area contributed by atoms with Crippen molar-refractivity contribution in [1.29, 1.82) is 0 Å². The minimum absolute atomic E-state index is 0.0442. The lowest BCUT2D eigenvalue weighted by atomic mass is 9.97. The van der Waals surface area contributed by atoms with Crippen molar-refractivity contribution in [3.05, 3.63) is 12.7 Å². The Morgan fingerprint density at radius 2 is 2.28 bits per heavy atom. The van der Waals surface area contributed by atoms with E-state index in [1.54, 1.807) is 13.8 Å². The molecule has 1 aliphatic heterocycles. The van der Waals surface area contributed by atoms with E-state index in [2.05, 4.69) is 6.58 Å². The van der Waals surface area contributed by atoms with Crippen LogP contribution in [0.4, 0.5) is 9.18 Å². The highest BCUT2D eigenvalue weighted by Crippen LogP contribution is 2.27. The Hall–Kier alpha value is -1.43. The van der Waals surface area contributed by atoms with Gasteiger partial charge in [-0.15, -0.1) is 6.58 Å². The standard InChI is InChI=1S/C12H18FNO4/c1-5-9(15)12(4,13)10(16)14-8(7(2)3)6-18-11(14)17/h5,7-9,15H,1,6H2,2-4H3/t8-,9+,12+/m0/s1. The number of rotatable bonds is 4. The zero-order chi connectivity index (χ0) is 14.1. The Kier molecular flexibility index (Phi) is 4.11. The summed E-state index contributed by atoms with van der Waals surface area (Å²) in [6, 6.07) is -0.517. The van der Waals surface area contributed by atoms with Crippen molar-refractivity contribution in [3.8, 4) is 0 Å². The largest absolute Gasteiger partial charge is 0.447 e. The molecule has 0 radical (unpaired) electrons. The van der Waals surface area contributed by atoms with Crippen molar-refractivity contribution in [2.45, 2.75) is 38.6 Å². The molecule has 3 atom stereocenters. The molecule has 2 amide bonds. The lowest BCUT2D eigenvalue weighted by molar-refractivity contribution is -0.146. The van der Waals surface area contributed by atoms with Gasteiger partial charge in [-0.1, -0.05) is 19.9 Å². The Morgan fingerprint density at radius 1 is 1.72 bits per heavy atom. The van der Waals surface area contributed by atoms with Gasteiger partial charge in [-0.05, 0) is 12.8 Å². The number of carbonyl (C=O) groups excluding carboxylic acids is 2. The van der Waals surface area contributed by atoms with Crippen LogP contribution in [0.25, 0.3) is 0 Å². The summed E-state index contributed by atoms with van der Waals surface area (Å²) < 4.78 is 19.0. The fourth-order valence-corrected chi connectivity index (χ4v) is 1.74. The monoisotopic (exact) mass is 259 g/mol. The van der Waals surface area contributed by atoms with Crippen molar-refractivity contribution >= 4 is 12.0 Å². The minimum atomic E-state index is -2.60. The molecule has 0 bridgehead atoms. The van der Waals surface area contributed by atoms with Crippen LogP contribution >= 0.6 is 0 Å². The Balaban J connectivity index is 3.01. The van der Waals surface area contributed by atoms with Crippen LogP contribution in [-0.4, -0.2) is 46.4 Å². The van der Waals surface area contributed by atoms with Crippen molar-refractivity contribution < 1.29 is 23.8 Å². The molecule has 1 saturated heterocycles. The molecule has 6 heteroatoms. The highest BCUT2D eigenvalue weighted by molar-refractivity contribution is 5.98. The SMILES string of the molecule is C=C[C@@H](O)[C@@](C)(F)C(=O)N1C(=O)OC[C@H]1C(C)C. The van der Waals surface area contributed by atoms with Crippen molar-refractivity contribution in [1.82, 2.24) is 4.90 Å². The van der Waals surface area contributed by atoms with Gasteiger partial charge >= 0.3 is 6.09 Å². The summed E-state index contributed by atoms with van der Waals surface area (Å²) in [5.41, 5.74) is -2.60. The average molecular weight is 259 g/mol. The fourth-order valence-electron chi connectivity index (χ4n) is 1.74. The second-order valence-corrected chi connectivity index (χ2v) is 4.82. The molecular weight excluding hydrogens is 241 g/mol. The summed E-state index contributed by atoms with van der Waals surface area (Å²) in [6.07, 6.45) is -1.63. The molecule has 0 aromatic carbocycles. The number of hydrogen-bond acceptors (Lipinski definition) is 4. The molecule has 0 aromatic rings. The number of amides is 2. The summed E-state index contributed by atoms with van der Waals surface area (Å²) >= 11 is 0. The summed E-state index contributed by atoms with van der Waals surface area (Å²) in [6.45, 7) is 7.79. The Bertz CT molecular complexity index is 367. The summed E-state index contributed by atoms with van der Waals surface area (Å²) in [4.78, 5) is 24.3. The number of aliphatic hydroxyl groups excluding tert-OH is 1. The zero-order valence-electron chi connectivity index (χ0n) is 10.7. The smallest absolute Gasteiger partial charge is 0.417 e.